The summed E-state index contributed by atoms with van der Waals surface area (Å²) in [5.74, 6) is 0.421. The van der Waals surface area contributed by atoms with Crippen LogP contribution in [0, 0.1) is 11.8 Å². The van der Waals surface area contributed by atoms with Gasteiger partial charge in [-0.15, -0.1) is 0 Å². The first-order chi connectivity index (χ1) is 16.5. The molecule has 6 heteroatoms. The van der Waals surface area contributed by atoms with E-state index in [9.17, 15) is 13.2 Å². The topological polar surface area (TPSA) is 66.5 Å². The van der Waals surface area contributed by atoms with Crippen LogP contribution in [-0.2, 0) is 27.9 Å². The number of hydrogen-bond acceptors (Lipinski definition) is 3. The Bertz CT molecular complexity index is 1100. The standard InChI is InChI=1S/C28H32N2O3S/c31-28(30(21-24-10-4-1-5-11-24)22-25-12-6-2-7-13-25)26-18-16-23(17-19-26)20-29-34(32,33)27-14-8-3-9-15-27/h1-15,23,26,29H,16-22H2. The van der Waals surface area contributed by atoms with Crippen LogP contribution in [0.3, 0.4) is 0 Å². The Kier molecular flexibility index (Phi) is 8.14. The zero-order valence-corrected chi connectivity index (χ0v) is 20.2. The number of rotatable bonds is 9. The smallest absolute Gasteiger partial charge is 0.240 e. The first-order valence-corrected chi connectivity index (χ1v) is 13.4. The van der Waals surface area contributed by atoms with Gasteiger partial charge in [0.05, 0.1) is 4.90 Å². The van der Waals surface area contributed by atoms with Gasteiger partial charge in [0.15, 0.2) is 0 Å². The summed E-state index contributed by atoms with van der Waals surface area (Å²) in [4.78, 5) is 15.8. The van der Waals surface area contributed by atoms with E-state index < -0.39 is 10.0 Å². The summed E-state index contributed by atoms with van der Waals surface area (Å²) in [7, 11) is -3.50. The highest BCUT2D eigenvalue weighted by Gasteiger charge is 2.30. The number of nitrogens with zero attached hydrogens (tertiary/aromatic N) is 1. The maximum absolute atomic E-state index is 13.5. The second kappa shape index (κ2) is 11.4. The van der Waals surface area contributed by atoms with E-state index in [0.29, 0.717) is 19.6 Å². The van der Waals surface area contributed by atoms with E-state index in [-0.39, 0.29) is 22.6 Å². The molecule has 0 saturated heterocycles. The average Bonchev–Trinajstić information content (AvgIpc) is 2.89. The van der Waals surface area contributed by atoms with E-state index in [1.807, 2.05) is 41.3 Å². The summed E-state index contributed by atoms with van der Waals surface area (Å²) in [6, 6.07) is 28.7. The molecule has 0 bridgehead atoms. The maximum Gasteiger partial charge on any atom is 0.240 e. The third-order valence-electron chi connectivity index (χ3n) is 6.56. The number of benzene rings is 3. The molecule has 3 aromatic carbocycles. The van der Waals surface area contributed by atoms with Crippen LogP contribution in [-0.4, -0.2) is 25.8 Å². The zero-order chi connectivity index (χ0) is 23.8. The first kappa shape index (κ1) is 24.2. The van der Waals surface area contributed by atoms with Gasteiger partial charge in [0.2, 0.25) is 15.9 Å². The van der Waals surface area contributed by atoms with E-state index in [4.69, 9.17) is 0 Å². The van der Waals surface area contributed by atoms with Gasteiger partial charge in [0.1, 0.15) is 0 Å². The van der Waals surface area contributed by atoms with Gasteiger partial charge in [-0.1, -0.05) is 78.9 Å². The van der Waals surface area contributed by atoms with Crippen molar-refractivity contribution in [1.29, 1.82) is 0 Å². The molecule has 34 heavy (non-hydrogen) atoms. The highest BCUT2D eigenvalue weighted by atomic mass is 32.2. The highest BCUT2D eigenvalue weighted by Crippen LogP contribution is 2.31. The molecule has 178 valence electrons. The molecule has 0 radical (unpaired) electrons. The quantitative estimate of drug-likeness (QED) is 0.473. The Morgan fingerprint density at radius 1 is 0.735 bits per heavy atom. The Hall–Kier alpha value is -2.96. The molecule has 1 aliphatic rings. The lowest BCUT2D eigenvalue weighted by Crippen LogP contribution is -2.38. The number of carbonyl (C=O) groups excluding carboxylic acids is 1. The minimum atomic E-state index is -3.50. The van der Waals surface area contributed by atoms with Gasteiger partial charge in [0, 0.05) is 25.6 Å². The molecular weight excluding hydrogens is 444 g/mol. The molecule has 5 nitrogen and oxygen atoms in total. The van der Waals surface area contributed by atoms with Crippen molar-refractivity contribution in [1.82, 2.24) is 9.62 Å². The van der Waals surface area contributed by atoms with E-state index in [0.717, 1.165) is 36.8 Å². The summed E-state index contributed by atoms with van der Waals surface area (Å²) in [5.41, 5.74) is 2.24. The van der Waals surface area contributed by atoms with Crippen LogP contribution >= 0.6 is 0 Å². The van der Waals surface area contributed by atoms with Crippen molar-refractivity contribution < 1.29 is 13.2 Å². The van der Waals surface area contributed by atoms with Crippen molar-refractivity contribution in [2.24, 2.45) is 11.8 Å². The molecule has 4 rings (SSSR count). The molecule has 1 N–H and O–H groups in total. The lowest BCUT2D eigenvalue weighted by molar-refractivity contribution is -0.138. The molecule has 0 spiro atoms. The van der Waals surface area contributed by atoms with Crippen LogP contribution in [0.1, 0.15) is 36.8 Å². The van der Waals surface area contributed by atoms with Gasteiger partial charge in [-0.3, -0.25) is 4.79 Å². The average molecular weight is 477 g/mol. The Labute approximate surface area is 202 Å². The van der Waals surface area contributed by atoms with Crippen LogP contribution in [0.25, 0.3) is 0 Å². The van der Waals surface area contributed by atoms with Crippen LogP contribution < -0.4 is 4.72 Å². The third-order valence-corrected chi connectivity index (χ3v) is 8.00. The second-order valence-electron chi connectivity index (χ2n) is 9.05. The van der Waals surface area contributed by atoms with Gasteiger partial charge in [-0.05, 0) is 54.9 Å². The minimum Gasteiger partial charge on any atom is -0.334 e. The molecule has 3 aromatic rings. The molecule has 1 aliphatic carbocycles. The predicted octanol–water partition coefficient (Wildman–Crippen LogP) is 5.00. The molecule has 1 fully saturated rings. The van der Waals surface area contributed by atoms with Gasteiger partial charge in [0.25, 0.3) is 0 Å². The lowest BCUT2D eigenvalue weighted by atomic mass is 9.81. The Morgan fingerprint density at radius 3 is 1.71 bits per heavy atom. The van der Waals surface area contributed by atoms with Crippen molar-refractivity contribution in [2.45, 2.75) is 43.7 Å². The van der Waals surface area contributed by atoms with Crippen molar-refractivity contribution in [2.75, 3.05) is 6.54 Å². The first-order valence-electron chi connectivity index (χ1n) is 11.9. The van der Waals surface area contributed by atoms with Crippen molar-refractivity contribution in [3.63, 3.8) is 0 Å². The monoisotopic (exact) mass is 476 g/mol. The van der Waals surface area contributed by atoms with Crippen LogP contribution in [0.2, 0.25) is 0 Å². The van der Waals surface area contributed by atoms with Crippen molar-refractivity contribution in [3.8, 4) is 0 Å². The molecule has 0 unspecified atom stereocenters. The SMILES string of the molecule is O=C(C1CCC(CNS(=O)(=O)c2ccccc2)CC1)N(Cc1ccccc1)Cc1ccccc1. The molecular formula is C28H32N2O3S. The predicted molar refractivity (Wildman–Crippen MR) is 134 cm³/mol. The van der Waals surface area contributed by atoms with E-state index >= 15 is 0 Å². The summed E-state index contributed by atoms with van der Waals surface area (Å²) >= 11 is 0. The molecule has 0 aromatic heterocycles. The van der Waals surface area contributed by atoms with Gasteiger partial charge < -0.3 is 4.90 Å². The fraction of sp³-hybridized carbons (Fsp3) is 0.321. The summed E-state index contributed by atoms with van der Waals surface area (Å²) < 4.78 is 27.8. The van der Waals surface area contributed by atoms with Crippen LogP contribution in [0.5, 0.6) is 0 Å². The largest absolute Gasteiger partial charge is 0.334 e. The Morgan fingerprint density at radius 2 is 1.21 bits per heavy atom. The van der Waals surface area contributed by atoms with Gasteiger partial charge in [-0.25, -0.2) is 13.1 Å². The molecule has 0 aliphatic heterocycles. The van der Waals surface area contributed by atoms with Crippen LogP contribution in [0.4, 0.5) is 0 Å². The van der Waals surface area contributed by atoms with Crippen molar-refractivity contribution in [3.05, 3.63) is 102 Å². The molecule has 0 heterocycles. The molecule has 1 saturated carbocycles. The number of amides is 1. The van der Waals surface area contributed by atoms with E-state index in [1.165, 1.54) is 0 Å². The minimum absolute atomic E-state index is 0.0191. The van der Waals surface area contributed by atoms with E-state index in [1.54, 1.807) is 30.3 Å². The number of sulfonamides is 1. The summed E-state index contributed by atoms with van der Waals surface area (Å²) in [6.45, 7) is 1.59. The fourth-order valence-electron chi connectivity index (χ4n) is 4.60. The van der Waals surface area contributed by atoms with Crippen LogP contribution in [0.15, 0.2) is 95.9 Å². The Balaban J connectivity index is 1.35. The summed E-state index contributed by atoms with van der Waals surface area (Å²) in [5, 5.41) is 0. The second-order valence-corrected chi connectivity index (χ2v) is 10.8. The maximum atomic E-state index is 13.5. The third kappa shape index (κ3) is 6.55. The number of carbonyl (C=O) groups is 1. The molecule has 1 amide bonds. The number of nitrogens with one attached hydrogen (secondary N) is 1. The highest BCUT2D eigenvalue weighted by molar-refractivity contribution is 7.89. The van der Waals surface area contributed by atoms with Gasteiger partial charge >= 0.3 is 0 Å². The normalized spacial score (nSPS) is 18.4. The molecule has 0 atom stereocenters. The van der Waals surface area contributed by atoms with E-state index in [2.05, 4.69) is 29.0 Å². The zero-order valence-electron chi connectivity index (χ0n) is 19.3. The van der Waals surface area contributed by atoms with Gasteiger partial charge in [-0.2, -0.15) is 0 Å². The van der Waals surface area contributed by atoms with Crippen molar-refractivity contribution >= 4 is 15.9 Å². The lowest BCUT2D eigenvalue weighted by Gasteiger charge is -2.32. The number of hydrogen-bond donors (Lipinski definition) is 1. The summed E-state index contributed by atoms with van der Waals surface area (Å²) in [6.07, 6.45) is 3.27. The fourth-order valence-corrected chi connectivity index (χ4v) is 5.74.